The normalized spacial score (nSPS) is 10.6. The fraction of sp³-hybridized carbons (Fsp3) is 0.312. The molecule has 23 heavy (non-hydrogen) atoms. The van der Waals surface area contributed by atoms with Crippen LogP contribution in [-0.4, -0.2) is 15.5 Å². The lowest BCUT2D eigenvalue weighted by Crippen LogP contribution is -2.28. The number of carbonyl (C=O) groups excluding carboxylic acids is 1. The van der Waals surface area contributed by atoms with Crippen molar-refractivity contribution in [1.82, 2.24) is 9.55 Å². The van der Waals surface area contributed by atoms with Gasteiger partial charge in [-0.15, -0.1) is 0 Å². The number of hydrogen-bond donors (Lipinski definition) is 1. The zero-order chi connectivity index (χ0) is 16.8. The molecular formula is C16H17F2N3O2. The summed E-state index contributed by atoms with van der Waals surface area (Å²) in [6, 6.07) is 4.13. The highest BCUT2D eigenvalue weighted by Gasteiger charge is 2.10. The second kappa shape index (κ2) is 7.62. The van der Waals surface area contributed by atoms with Crippen LogP contribution in [0.4, 0.5) is 14.5 Å². The van der Waals surface area contributed by atoms with E-state index in [9.17, 15) is 18.4 Å². The van der Waals surface area contributed by atoms with Crippen LogP contribution in [0.3, 0.4) is 0 Å². The monoisotopic (exact) mass is 321 g/mol. The minimum atomic E-state index is -0.750. The van der Waals surface area contributed by atoms with E-state index in [1.807, 2.05) is 6.92 Å². The zero-order valence-corrected chi connectivity index (χ0v) is 12.7. The number of halogens is 2. The summed E-state index contributed by atoms with van der Waals surface area (Å²) < 4.78 is 27.6. The van der Waals surface area contributed by atoms with Crippen molar-refractivity contribution >= 4 is 11.6 Å². The van der Waals surface area contributed by atoms with Gasteiger partial charge < -0.3 is 5.32 Å². The molecule has 122 valence electrons. The highest BCUT2D eigenvalue weighted by atomic mass is 19.1. The van der Waals surface area contributed by atoms with E-state index >= 15 is 0 Å². The first-order valence-corrected chi connectivity index (χ1v) is 7.30. The van der Waals surface area contributed by atoms with Gasteiger partial charge in [0.15, 0.2) is 0 Å². The van der Waals surface area contributed by atoms with Crippen molar-refractivity contribution in [2.45, 2.75) is 32.7 Å². The lowest BCUT2D eigenvalue weighted by atomic mass is 10.2. The van der Waals surface area contributed by atoms with Crippen molar-refractivity contribution in [3.63, 3.8) is 0 Å². The van der Waals surface area contributed by atoms with Crippen LogP contribution in [0.2, 0.25) is 0 Å². The quantitative estimate of drug-likeness (QED) is 0.889. The van der Waals surface area contributed by atoms with Gasteiger partial charge in [0.2, 0.25) is 5.91 Å². The van der Waals surface area contributed by atoms with Crippen molar-refractivity contribution in [3.05, 3.63) is 58.3 Å². The van der Waals surface area contributed by atoms with E-state index in [1.165, 1.54) is 12.4 Å². The lowest BCUT2D eigenvalue weighted by molar-refractivity contribution is -0.116. The van der Waals surface area contributed by atoms with Crippen LogP contribution in [0.5, 0.6) is 0 Å². The Hall–Kier alpha value is -2.57. The number of carbonyl (C=O) groups is 1. The molecule has 1 aromatic heterocycles. The molecule has 7 heteroatoms. The molecule has 0 aliphatic rings. The number of hydrogen-bond acceptors (Lipinski definition) is 3. The number of nitrogens with zero attached hydrogens (tertiary/aromatic N) is 2. The minimum Gasteiger partial charge on any atom is -0.322 e. The summed E-state index contributed by atoms with van der Waals surface area (Å²) in [5.41, 5.74) is 0.0428. The third kappa shape index (κ3) is 4.70. The van der Waals surface area contributed by atoms with Gasteiger partial charge in [-0.05, 0) is 25.0 Å². The molecule has 1 heterocycles. The summed E-state index contributed by atoms with van der Waals surface area (Å²) in [6.45, 7) is 1.72. The standard InChI is InChI=1S/C16H17F2N3O2/c1-2-3-4-12-8-16(23)21(10-19-12)9-15(22)20-14-7-11(17)5-6-13(14)18/h5-8,10H,2-4,9H2,1H3,(H,20,22). The van der Waals surface area contributed by atoms with Crippen molar-refractivity contribution in [2.24, 2.45) is 0 Å². The Kier molecular flexibility index (Phi) is 5.56. The summed E-state index contributed by atoms with van der Waals surface area (Å²) in [4.78, 5) is 27.9. The first-order chi connectivity index (χ1) is 11.0. The number of nitrogens with one attached hydrogen (secondary N) is 1. The van der Waals surface area contributed by atoms with Crippen LogP contribution < -0.4 is 10.9 Å². The van der Waals surface area contributed by atoms with Crippen molar-refractivity contribution in [1.29, 1.82) is 0 Å². The molecule has 0 spiro atoms. The number of unbranched alkanes of at least 4 members (excludes halogenated alkanes) is 1. The van der Waals surface area contributed by atoms with Crippen molar-refractivity contribution in [2.75, 3.05) is 5.32 Å². The minimum absolute atomic E-state index is 0.268. The molecule has 0 unspecified atom stereocenters. The largest absolute Gasteiger partial charge is 0.322 e. The Labute approximate surface area is 132 Å². The van der Waals surface area contributed by atoms with E-state index in [1.54, 1.807) is 0 Å². The number of benzene rings is 1. The Morgan fingerprint density at radius 2 is 2.09 bits per heavy atom. The first kappa shape index (κ1) is 16.8. The van der Waals surface area contributed by atoms with Crippen LogP contribution in [-0.2, 0) is 17.8 Å². The van der Waals surface area contributed by atoms with Gasteiger partial charge >= 0.3 is 0 Å². The van der Waals surface area contributed by atoms with Gasteiger partial charge in [-0.2, -0.15) is 0 Å². The SMILES string of the molecule is CCCCc1cc(=O)n(CC(=O)Nc2cc(F)ccc2F)cn1. The zero-order valence-electron chi connectivity index (χ0n) is 12.7. The Bertz CT molecular complexity index is 759. The van der Waals surface area contributed by atoms with Gasteiger partial charge in [0.05, 0.1) is 12.0 Å². The molecule has 0 saturated carbocycles. The number of amides is 1. The van der Waals surface area contributed by atoms with Gasteiger partial charge in [-0.25, -0.2) is 13.8 Å². The molecule has 0 atom stereocenters. The topological polar surface area (TPSA) is 64.0 Å². The van der Waals surface area contributed by atoms with Gasteiger partial charge in [-0.1, -0.05) is 13.3 Å². The third-order valence-corrected chi connectivity index (χ3v) is 3.24. The second-order valence-electron chi connectivity index (χ2n) is 5.12. The molecule has 0 saturated heterocycles. The average molecular weight is 321 g/mol. The van der Waals surface area contributed by atoms with Crippen molar-refractivity contribution < 1.29 is 13.6 Å². The van der Waals surface area contributed by atoms with Crippen LogP contribution in [0, 0.1) is 11.6 Å². The van der Waals surface area contributed by atoms with Gasteiger partial charge in [0.25, 0.3) is 5.56 Å². The molecule has 0 bridgehead atoms. The number of aromatic nitrogens is 2. The summed E-state index contributed by atoms with van der Waals surface area (Å²) in [6.07, 6.45) is 3.91. The predicted octanol–water partition coefficient (Wildman–Crippen LogP) is 2.50. The van der Waals surface area contributed by atoms with E-state index in [4.69, 9.17) is 0 Å². The number of anilines is 1. The van der Waals surface area contributed by atoms with Crippen molar-refractivity contribution in [3.8, 4) is 0 Å². The second-order valence-corrected chi connectivity index (χ2v) is 5.12. The van der Waals surface area contributed by atoms with E-state index in [2.05, 4.69) is 10.3 Å². The highest BCUT2D eigenvalue weighted by Crippen LogP contribution is 2.15. The summed E-state index contributed by atoms with van der Waals surface area (Å²) in [5, 5.41) is 2.23. The molecule has 1 amide bonds. The number of aryl methyl sites for hydroxylation is 1. The Morgan fingerprint density at radius 1 is 1.30 bits per heavy atom. The summed E-state index contributed by atoms with van der Waals surface area (Å²) >= 11 is 0. The Balaban J connectivity index is 2.05. The van der Waals surface area contributed by atoms with Crippen LogP contribution in [0.15, 0.2) is 35.4 Å². The van der Waals surface area contributed by atoms with E-state index in [-0.39, 0.29) is 17.8 Å². The van der Waals surface area contributed by atoms with Gasteiger partial charge in [0, 0.05) is 17.8 Å². The molecule has 1 aromatic carbocycles. The molecule has 0 fully saturated rings. The molecule has 0 radical (unpaired) electrons. The fourth-order valence-corrected chi connectivity index (χ4v) is 2.01. The summed E-state index contributed by atoms with van der Waals surface area (Å²) in [5.74, 6) is -2.05. The Morgan fingerprint density at radius 3 is 2.78 bits per heavy atom. The molecular weight excluding hydrogens is 304 g/mol. The molecule has 0 aliphatic carbocycles. The maximum absolute atomic E-state index is 13.5. The van der Waals surface area contributed by atoms with E-state index in [0.29, 0.717) is 12.1 Å². The van der Waals surface area contributed by atoms with Gasteiger partial charge in [-0.3, -0.25) is 14.2 Å². The molecule has 5 nitrogen and oxygen atoms in total. The smallest absolute Gasteiger partial charge is 0.253 e. The third-order valence-electron chi connectivity index (χ3n) is 3.24. The fourth-order valence-electron chi connectivity index (χ4n) is 2.01. The van der Waals surface area contributed by atoms with E-state index < -0.39 is 17.5 Å². The first-order valence-electron chi connectivity index (χ1n) is 7.30. The van der Waals surface area contributed by atoms with Crippen LogP contribution in [0.25, 0.3) is 0 Å². The predicted molar refractivity (Wildman–Crippen MR) is 82.1 cm³/mol. The molecule has 0 aliphatic heterocycles. The van der Waals surface area contributed by atoms with E-state index in [0.717, 1.165) is 35.6 Å². The average Bonchev–Trinajstić information content (AvgIpc) is 2.51. The molecule has 2 aromatic rings. The maximum Gasteiger partial charge on any atom is 0.253 e. The molecule has 2 rings (SSSR count). The van der Waals surface area contributed by atoms with Crippen LogP contribution in [0.1, 0.15) is 25.5 Å². The maximum atomic E-state index is 13.5. The molecule has 1 N–H and O–H groups in total. The summed E-state index contributed by atoms with van der Waals surface area (Å²) in [7, 11) is 0. The lowest BCUT2D eigenvalue weighted by Gasteiger charge is -2.08. The van der Waals surface area contributed by atoms with Gasteiger partial charge in [0.1, 0.15) is 18.2 Å². The highest BCUT2D eigenvalue weighted by molar-refractivity contribution is 5.90. The van der Waals surface area contributed by atoms with Crippen LogP contribution >= 0.6 is 0 Å². The number of rotatable bonds is 6.